The Hall–Kier alpha value is -0.290. The second-order valence-electron chi connectivity index (χ2n) is 4.20. The van der Waals surface area contributed by atoms with Crippen LogP contribution < -0.4 is 5.73 Å². The van der Waals surface area contributed by atoms with Gasteiger partial charge < -0.3 is 10.6 Å². The number of nitrogens with zero attached hydrogens (tertiary/aromatic N) is 1. The second kappa shape index (κ2) is 4.29. The van der Waals surface area contributed by atoms with Crippen molar-refractivity contribution >= 4 is 34.9 Å². The Balaban J connectivity index is 2.07. The van der Waals surface area contributed by atoms with E-state index in [9.17, 15) is 4.79 Å². The van der Waals surface area contributed by atoms with Gasteiger partial charge in [0.2, 0.25) is 5.91 Å². The van der Waals surface area contributed by atoms with E-state index in [2.05, 4.69) is 0 Å². The van der Waals surface area contributed by atoms with Crippen molar-refractivity contribution in [2.24, 2.45) is 11.1 Å². The van der Waals surface area contributed by atoms with Crippen LogP contribution in [0.25, 0.3) is 0 Å². The second-order valence-corrected chi connectivity index (χ2v) is 5.87. The van der Waals surface area contributed by atoms with Crippen molar-refractivity contribution in [3.05, 3.63) is 0 Å². The number of carbonyl (C=O) groups excluding carboxylic acids is 1. The molecule has 0 aromatic carbocycles. The molecule has 0 radical (unpaired) electrons. The largest absolute Gasteiger partial charge is 0.392 e. The molecule has 0 aromatic heterocycles. The number of amides is 1. The number of thioether (sulfide) groups is 1. The van der Waals surface area contributed by atoms with Crippen LogP contribution in [0.4, 0.5) is 0 Å². The van der Waals surface area contributed by atoms with E-state index in [0.29, 0.717) is 4.99 Å². The molecule has 1 heterocycles. The van der Waals surface area contributed by atoms with Crippen molar-refractivity contribution in [1.82, 2.24) is 4.90 Å². The highest BCUT2D eigenvalue weighted by molar-refractivity contribution is 7.99. The van der Waals surface area contributed by atoms with Gasteiger partial charge in [0.15, 0.2) is 0 Å². The van der Waals surface area contributed by atoms with Gasteiger partial charge in [-0.25, -0.2) is 0 Å². The third kappa shape index (κ3) is 1.87. The lowest BCUT2D eigenvalue weighted by atomic mass is 9.67. The lowest BCUT2D eigenvalue weighted by Gasteiger charge is -2.43. The summed E-state index contributed by atoms with van der Waals surface area (Å²) < 4.78 is 0. The molecule has 0 bridgehead atoms. The van der Waals surface area contributed by atoms with Crippen LogP contribution in [0, 0.1) is 5.41 Å². The van der Waals surface area contributed by atoms with E-state index in [1.807, 2.05) is 16.7 Å². The van der Waals surface area contributed by atoms with E-state index in [1.165, 1.54) is 0 Å². The molecule has 2 N–H and O–H groups in total. The average Bonchev–Trinajstić information content (AvgIpc) is 2.16. The lowest BCUT2D eigenvalue weighted by molar-refractivity contribution is -0.141. The van der Waals surface area contributed by atoms with Crippen molar-refractivity contribution in [3.8, 4) is 0 Å². The molecule has 1 saturated carbocycles. The van der Waals surface area contributed by atoms with Crippen LogP contribution >= 0.6 is 24.0 Å². The van der Waals surface area contributed by atoms with Gasteiger partial charge in [-0.05, 0) is 12.8 Å². The summed E-state index contributed by atoms with van der Waals surface area (Å²) in [6, 6.07) is 0. The summed E-state index contributed by atoms with van der Waals surface area (Å²) in [5.41, 5.74) is 5.24. The summed E-state index contributed by atoms with van der Waals surface area (Å²) in [5.74, 6) is 2.26. The molecule has 2 fully saturated rings. The third-order valence-electron chi connectivity index (χ3n) is 3.39. The first-order valence-corrected chi connectivity index (χ1v) is 6.90. The predicted octanol–water partition coefficient (Wildman–Crippen LogP) is 1.02. The number of carbonyl (C=O) groups is 1. The van der Waals surface area contributed by atoms with Crippen LogP contribution in [0.1, 0.15) is 19.3 Å². The minimum absolute atomic E-state index is 0.182. The molecule has 15 heavy (non-hydrogen) atoms. The molecule has 2 rings (SSSR count). The number of thiocarbonyl (C=S) groups is 1. The number of hydrogen-bond acceptors (Lipinski definition) is 3. The summed E-state index contributed by atoms with van der Waals surface area (Å²) in [4.78, 5) is 14.6. The maximum absolute atomic E-state index is 12.3. The fourth-order valence-electron chi connectivity index (χ4n) is 2.17. The van der Waals surface area contributed by atoms with Crippen molar-refractivity contribution in [3.63, 3.8) is 0 Å². The molecule has 0 unspecified atom stereocenters. The Morgan fingerprint density at radius 1 is 1.33 bits per heavy atom. The summed E-state index contributed by atoms with van der Waals surface area (Å²) in [6.45, 7) is 1.71. The maximum atomic E-state index is 12.3. The Morgan fingerprint density at radius 2 is 1.93 bits per heavy atom. The maximum Gasteiger partial charge on any atom is 0.235 e. The zero-order valence-corrected chi connectivity index (χ0v) is 10.3. The van der Waals surface area contributed by atoms with Gasteiger partial charge >= 0.3 is 0 Å². The van der Waals surface area contributed by atoms with E-state index in [-0.39, 0.29) is 5.91 Å². The van der Waals surface area contributed by atoms with Crippen LogP contribution in [-0.4, -0.2) is 40.4 Å². The Bertz CT molecular complexity index is 283. The van der Waals surface area contributed by atoms with Crippen LogP contribution in [0.5, 0.6) is 0 Å². The van der Waals surface area contributed by atoms with Gasteiger partial charge in [0.25, 0.3) is 0 Å². The summed E-state index contributed by atoms with van der Waals surface area (Å²) in [7, 11) is 0. The van der Waals surface area contributed by atoms with E-state index in [0.717, 1.165) is 43.9 Å². The zero-order valence-electron chi connectivity index (χ0n) is 8.70. The Morgan fingerprint density at radius 3 is 2.33 bits per heavy atom. The zero-order chi connectivity index (χ0) is 10.9. The van der Waals surface area contributed by atoms with Gasteiger partial charge in [0.05, 0.1) is 10.4 Å². The topological polar surface area (TPSA) is 46.3 Å². The number of nitrogens with two attached hydrogens (primary N) is 1. The molecule has 1 aliphatic carbocycles. The molecule has 0 aromatic rings. The van der Waals surface area contributed by atoms with Crippen molar-refractivity contribution in [2.75, 3.05) is 24.6 Å². The van der Waals surface area contributed by atoms with Gasteiger partial charge in [-0.3, -0.25) is 4.79 Å². The van der Waals surface area contributed by atoms with Gasteiger partial charge in [0, 0.05) is 24.6 Å². The highest BCUT2D eigenvalue weighted by Crippen LogP contribution is 2.43. The molecular formula is C10H16N2OS2. The first-order chi connectivity index (χ1) is 7.17. The summed E-state index contributed by atoms with van der Waals surface area (Å²) in [5, 5.41) is 0. The minimum Gasteiger partial charge on any atom is -0.392 e. The van der Waals surface area contributed by atoms with Gasteiger partial charge in [-0.2, -0.15) is 11.8 Å². The molecule has 5 heteroatoms. The molecule has 1 saturated heterocycles. The normalized spacial score (nSPS) is 24.4. The molecule has 3 nitrogen and oxygen atoms in total. The molecule has 1 aliphatic heterocycles. The molecule has 0 spiro atoms. The molecular weight excluding hydrogens is 228 g/mol. The standard InChI is InChI=1S/C10H16N2OS2/c11-8(14)10(2-1-3-10)9(13)12-4-6-15-7-5-12/h1-7H2,(H2,11,14). The van der Waals surface area contributed by atoms with E-state index >= 15 is 0 Å². The highest BCUT2D eigenvalue weighted by atomic mass is 32.2. The number of hydrogen-bond donors (Lipinski definition) is 1. The van der Waals surface area contributed by atoms with E-state index in [4.69, 9.17) is 18.0 Å². The minimum atomic E-state index is -0.475. The van der Waals surface area contributed by atoms with Gasteiger partial charge in [-0.1, -0.05) is 18.6 Å². The van der Waals surface area contributed by atoms with Crippen molar-refractivity contribution < 1.29 is 4.79 Å². The Labute approximate surface area is 99.8 Å². The highest BCUT2D eigenvalue weighted by Gasteiger charge is 2.48. The van der Waals surface area contributed by atoms with Crippen LogP contribution in [0.3, 0.4) is 0 Å². The molecule has 2 aliphatic rings. The van der Waals surface area contributed by atoms with Gasteiger partial charge in [-0.15, -0.1) is 0 Å². The third-order valence-corrected chi connectivity index (χ3v) is 4.72. The fourth-order valence-corrected chi connectivity index (χ4v) is 3.36. The van der Waals surface area contributed by atoms with Crippen LogP contribution in [0.15, 0.2) is 0 Å². The van der Waals surface area contributed by atoms with Crippen molar-refractivity contribution in [2.45, 2.75) is 19.3 Å². The Kier molecular flexibility index (Phi) is 3.21. The summed E-state index contributed by atoms with van der Waals surface area (Å²) in [6.07, 6.45) is 2.78. The van der Waals surface area contributed by atoms with Crippen LogP contribution in [0.2, 0.25) is 0 Å². The summed E-state index contributed by atoms with van der Waals surface area (Å²) >= 11 is 6.95. The van der Waals surface area contributed by atoms with Crippen LogP contribution in [-0.2, 0) is 4.79 Å². The average molecular weight is 244 g/mol. The molecule has 1 amide bonds. The molecule has 0 atom stereocenters. The number of rotatable bonds is 2. The fraction of sp³-hybridized carbons (Fsp3) is 0.800. The lowest BCUT2D eigenvalue weighted by Crippen LogP contribution is -2.55. The predicted molar refractivity (Wildman–Crippen MR) is 67.0 cm³/mol. The smallest absolute Gasteiger partial charge is 0.235 e. The first-order valence-electron chi connectivity index (χ1n) is 5.34. The van der Waals surface area contributed by atoms with Crippen molar-refractivity contribution in [1.29, 1.82) is 0 Å². The van der Waals surface area contributed by atoms with E-state index in [1.54, 1.807) is 0 Å². The SMILES string of the molecule is NC(=S)C1(C(=O)N2CCSCC2)CCC1. The molecule has 84 valence electrons. The monoisotopic (exact) mass is 244 g/mol. The van der Waals surface area contributed by atoms with E-state index < -0.39 is 5.41 Å². The first kappa shape index (κ1) is 11.2. The van der Waals surface area contributed by atoms with Gasteiger partial charge in [0.1, 0.15) is 0 Å². The quantitative estimate of drug-likeness (QED) is 0.737.